The molecule has 1 aromatic heterocycles. The molecule has 1 atom stereocenters. The van der Waals surface area contributed by atoms with E-state index in [4.69, 9.17) is 0 Å². The molecule has 118 valence electrons. The number of hydrogen-bond acceptors (Lipinski definition) is 3. The van der Waals surface area contributed by atoms with Crippen LogP contribution in [0.25, 0.3) is 0 Å². The van der Waals surface area contributed by atoms with Crippen LogP contribution in [0.2, 0.25) is 0 Å². The van der Waals surface area contributed by atoms with Gasteiger partial charge in [0.15, 0.2) is 0 Å². The Morgan fingerprint density at radius 3 is 2.38 bits per heavy atom. The SMILES string of the molecule is Cc1nc(=O)n(CCCCC(C)C)c(C)c1C(C)C(=O)O. The van der Waals surface area contributed by atoms with Gasteiger partial charge in [0.1, 0.15) is 0 Å². The van der Waals surface area contributed by atoms with Crippen LogP contribution in [0.15, 0.2) is 4.79 Å². The van der Waals surface area contributed by atoms with Crippen molar-refractivity contribution in [3.63, 3.8) is 0 Å². The van der Waals surface area contributed by atoms with Crippen molar-refractivity contribution in [2.75, 3.05) is 0 Å². The average Bonchev–Trinajstić information content (AvgIpc) is 2.36. The fraction of sp³-hybridized carbons (Fsp3) is 0.688. The molecule has 0 bridgehead atoms. The third kappa shape index (κ3) is 4.41. The van der Waals surface area contributed by atoms with Gasteiger partial charge in [-0.3, -0.25) is 9.36 Å². The van der Waals surface area contributed by atoms with Crippen molar-refractivity contribution >= 4 is 5.97 Å². The van der Waals surface area contributed by atoms with Gasteiger partial charge < -0.3 is 5.11 Å². The minimum absolute atomic E-state index is 0.282. The summed E-state index contributed by atoms with van der Waals surface area (Å²) in [5.74, 6) is -0.894. The van der Waals surface area contributed by atoms with Crippen molar-refractivity contribution in [1.29, 1.82) is 0 Å². The second-order valence-corrected chi connectivity index (χ2v) is 6.08. The van der Waals surface area contributed by atoms with Crippen LogP contribution in [-0.4, -0.2) is 20.6 Å². The first kappa shape index (κ1) is 17.4. The van der Waals surface area contributed by atoms with Crippen molar-refractivity contribution in [1.82, 2.24) is 9.55 Å². The van der Waals surface area contributed by atoms with E-state index in [1.54, 1.807) is 18.4 Å². The summed E-state index contributed by atoms with van der Waals surface area (Å²) in [6, 6.07) is 0. The van der Waals surface area contributed by atoms with Gasteiger partial charge in [0.25, 0.3) is 0 Å². The lowest BCUT2D eigenvalue weighted by Gasteiger charge is -2.18. The quantitative estimate of drug-likeness (QED) is 0.785. The number of rotatable bonds is 7. The van der Waals surface area contributed by atoms with Gasteiger partial charge in [-0.15, -0.1) is 0 Å². The van der Waals surface area contributed by atoms with Gasteiger partial charge in [-0.1, -0.05) is 26.7 Å². The Bertz CT molecular complexity index is 561. The monoisotopic (exact) mass is 294 g/mol. The van der Waals surface area contributed by atoms with Gasteiger partial charge in [-0.25, -0.2) is 4.79 Å². The number of aliphatic carboxylic acids is 1. The van der Waals surface area contributed by atoms with Gasteiger partial charge >= 0.3 is 11.7 Å². The minimum Gasteiger partial charge on any atom is -0.481 e. The maximum atomic E-state index is 12.0. The first-order chi connectivity index (χ1) is 9.75. The largest absolute Gasteiger partial charge is 0.481 e. The van der Waals surface area contributed by atoms with Crippen LogP contribution in [0, 0.1) is 19.8 Å². The summed E-state index contributed by atoms with van der Waals surface area (Å²) in [7, 11) is 0. The third-order valence-corrected chi connectivity index (χ3v) is 3.90. The maximum absolute atomic E-state index is 12.0. The highest BCUT2D eigenvalue weighted by Crippen LogP contribution is 2.21. The topological polar surface area (TPSA) is 72.2 Å². The lowest BCUT2D eigenvalue weighted by atomic mass is 9.98. The number of aryl methyl sites for hydroxylation is 1. The van der Waals surface area contributed by atoms with E-state index in [9.17, 15) is 14.7 Å². The van der Waals surface area contributed by atoms with E-state index < -0.39 is 11.9 Å². The fourth-order valence-corrected chi connectivity index (χ4v) is 2.65. The maximum Gasteiger partial charge on any atom is 0.347 e. The Kier molecular flexibility index (Phi) is 6.12. The molecule has 0 saturated heterocycles. The zero-order valence-corrected chi connectivity index (χ0v) is 13.6. The van der Waals surface area contributed by atoms with Crippen LogP contribution in [0.4, 0.5) is 0 Å². The molecular formula is C16H26N2O3. The molecule has 5 nitrogen and oxygen atoms in total. The van der Waals surface area contributed by atoms with Crippen molar-refractivity contribution in [2.45, 2.75) is 66.3 Å². The zero-order valence-electron chi connectivity index (χ0n) is 13.6. The molecule has 1 aromatic rings. The molecule has 1 heterocycles. The molecule has 0 amide bonds. The van der Waals surface area contributed by atoms with E-state index in [-0.39, 0.29) is 5.69 Å². The van der Waals surface area contributed by atoms with Crippen molar-refractivity contribution in [3.8, 4) is 0 Å². The van der Waals surface area contributed by atoms with Crippen molar-refractivity contribution in [3.05, 3.63) is 27.4 Å². The van der Waals surface area contributed by atoms with E-state index in [1.807, 2.05) is 6.92 Å². The van der Waals surface area contributed by atoms with Gasteiger partial charge in [0.2, 0.25) is 0 Å². The molecule has 0 aliphatic heterocycles. The van der Waals surface area contributed by atoms with Crippen LogP contribution < -0.4 is 5.69 Å². The van der Waals surface area contributed by atoms with E-state index in [0.717, 1.165) is 25.0 Å². The van der Waals surface area contributed by atoms with Crippen LogP contribution in [0.1, 0.15) is 62.9 Å². The number of carbonyl (C=O) groups is 1. The Morgan fingerprint density at radius 2 is 1.86 bits per heavy atom. The molecule has 0 radical (unpaired) electrons. The normalized spacial score (nSPS) is 12.7. The summed E-state index contributed by atoms with van der Waals surface area (Å²) in [6.07, 6.45) is 3.09. The van der Waals surface area contributed by atoms with Crippen LogP contribution in [0.5, 0.6) is 0 Å². The number of carboxylic acid groups (broad SMARTS) is 1. The standard InChI is InChI=1S/C16H26N2O3/c1-10(2)8-6-7-9-18-13(5)14(11(3)15(19)20)12(4)17-16(18)21/h10-11H,6-9H2,1-5H3,(H,19,20). The molecule has 0 aromatic carbocycles. The number of carboxylic acids is 1. The molecule has 5 heteroatoms. The van der Waals surface area contributed by atoms with Crippen LogP contribution in [0.3, 0.4) is 0 Å². The predicted molar refractivity (Wildman–Crippen MR) is 82.7 cm³/mol. The fourth-order valence-electron chi connectivity index (χ4n) is 2.65. The summed E-state index contributed by atoms with van der Waals surface area (Å²) in [4.78, 5) is 27.3. The van der Waals surface area contributed by atoms with E-state index in [2.05, 4.69) is 18.8 Å². The minimum atomic E-state index is -0.895. The van der Waals surface area contributed by atoms with Crippen molar-refractivity contribution in [2.24, 2.45) is 5.92 Å². The first-order valence-corrected chi connectivity index (χ1v) is 7.56. The summed E-state index contributed by atoms with van der Waals surface area (Å²) in [6.45, 7) is 10.1. The molecule has 0 fully saturated rings. The highest BCUT2D eigenvalue weighted by molar-refractivity contribution is 5.76. The van der Waals surface area contributed by atoms with E-state index in [0.29, 0.717) is 23.7 Å². The van der Waals surface area contributed by atoms with Crippen molar-refractivity contribution < 1.29 is 9.90 Å². The predicted octanol–water partition coefficient (Wildman–Crippen LogP) is 2.87. The number of hydrogen-bond donors (Lipinski definition) is 1. The lowest BCUT2D eigenvalue weighted by molar-refractivity contribution is -0.138. The smallest absolute Gasteiger partial charge is 0.347 e. The Labute approximate surface area is 126 Å². The van der Waals surface area contributed by atoms with E-state index >= 15 is 0 Å². The Balaban J connectivity index is 3.02. The molecule has 0 aliphatic rings. The van der Waals surface area contributed by atoms with E-state index in [1.165, 1.54) is 0 Å². The second-order valence-electron chi connectivity index (χ2n) is 6.08. The van der Waals surface area contributed by atoms with Gasteiger partial charge in [0, 0.05) is 23.5 Å². The van der Waals surface area contributed by atoms with Gasteiger partial charge in [-0.05, 0) is 33.1 Å². The molecule has 21 heavy (non-hydrogen) atoms. The number of unbranched alkanes of at least 4 members (excludes halogenated alkanes) is 1. The van der Waals surface area contributed by atoms with Crippen LogP contribution >= 0.6 is 0 Å². The lowest BCUT2D eigenvalue weighted by Crippen LogP contribution is -2.29. The molecule has 0 saturated carbocycles. The summed E-state index contributed by atoms with van der Waals surface area (Å²) in [5, 5.41) is 9.20. The molecular weight excluding hydrogens is 268 g/mol. The molecule has 0 spiro atoms. The molecule has 0 aliphatic carbocycles. The Morgan fingerprint density at radius 1 is 1.24 bits per heavy atom. The summed E-state index contributed by atoms with van der Waals surface area (Å²) in [5.41, 5.74) is 1.62. The molecule has 1 N–H and O–H groups in total. The number of nitrogens with zero attached hydrogens (tertiary/aromatic N) is 2. The highest BCUT2D eigenvalue weighted by Gasteiger charge is 2.21. The van der Waals surface area contributed by atoms with Gasteiger partial charge in [0.05, 0.1) is 5.92 Å². The first-order valence-electron chi connectivity index (χ1n) is 7.56. The zero-order chi connectivity index (χ0) is 16.2. The third-order valence-electron chi connectivity index (χ3n) is 3.90. The number of aromatic nitrogens is 2. The molecule has 1 rings (SSSR count). The summed E-state index contributed by atoms with van der Waals surface area (Å²) < 4.78 is 1.61. The van der Waals surface area contributed by atoms with Gasteiger partial charge in [-0.2, -0.15) is 4.98 Å². The summed E-state index contributed by atoms with van der Waals surface area (Å²) >= 11 is 0. The Hall–Kier alpha value is -1.65. The molecule has 1 unspecified atom stereocenters. The second kappa shape index (κ2) is 7.38. The highest BCUT2D eigenvalue weighted by atomic mass is 16.4. The average molecular weight is 294 g/mol. The van der Waals surface area contributed by atoms with Crippen LogP contribution in [-0.2, 0) is 11.3 Å².